The largest absolute Gasteiger partial charge is 0.481 e. The van der Waals surface area contributed by atoms with Gasteiger partial charge < -0.3 is 9.84 Å². The predicted octanol–water partition coefficient (Wildman–Crippen LogP) is 2.98. The molecular weight excluding hydrogens is 242 g/mol. The summed E-state index contributed by atoms with van der Waals surface area (Å²) < 4.78 is 5.59. The molecule has 0 spiro atoms. The first-order valence-corrected chi connectivity index (χ1v) is 5.67. The topological polar surface area (TPSA) is 70.3 Å². The van der Waals surface area contributed by atoms with Crippen molar-refractivity contribution in [3.8, 4) is 17.6 Å². The van der Waals surface area contributed by atoms with Crippen LogP contribution in [-0.4, -0.2) is 11.1 Å². The summed E-state index contributed by atoms with van der Waals surface area (Å²) in [6, 6.07) is 15.7. The Morgan fingerprint density at radius 2 is 1.84 bits per heavy atom. The highest BCUT2D eigenvalue weighted by Crippen LogP contribution is 2.24. The summed E-state index contributed by atoms with van der Waals surface area (Å²) in [7, 11) is 0. The number of nitrogens with zero attached hydrogens (tertiary/aromatic N) is 1. The van der Waals surface area contributed by atoms with Crippen molar-refractivity contribution in [2.24, 2.45) is 0 Å². The molecule has 0 radical (unpaired) electrons. The van der Waals surface area contributed by atoms with Crippen LogP contribution in [0.5, 0.6) is 11.5 Å². The molecule has 0 aliphatic carbocycles. The lowest BCUT2D eigenvalue weighted by molar-refractivity contribution is -0.136. The van der Waals surface area contributed by atoms with Crippen molar-refractivity contribution in [2.45, 2.75) is 6.42 Å². The maximum atomic E-state index is 10.6. The van der Waals surface area contributed by atoms with E-state index in [1.165, 1.54) is 0 Å². The second-order valence-electron chi connectivity index (χ2n) is 3.92. The van der Waals surface area contributed by atoms with Crippen LogP contribution in [0.25, 0.3) is 0 Å². The minimum atomic E-state index is -0.872. The number of nitriles is 1. The van der Waals surface area contributed by atoms with Crippen LogP contribution in [0.1, 0.15) is 11.1 Å². The average molecular weight is 253 g/mol. The van der Waals surface area contributed by atoms with Crippen molar-refractivity contribution in [1.82, 2.24) is 0 Å². The van der Waals surface area contributed by atoms with Crippen LogP contribution in [0.3, 0.4) is 0 Å². The number of carboxylic acids is 1. The predicted molar refractivity (Wildman–Crippen MR) is 69.0 cm³/mol. The maximum Gasteiger partial charge on any atom is 0.307 e. The number of carbonyl (C=O) groups is 1. The molecule has 0 aromatic heterocycles. The number of para-hydroxylation sites is 1. The summed E-state index contributed by atoms with van der Waals surface area (Å²) in [6.07, 6.45) is -0.0188. The highest BCUT2D eigenvalue weighted by Gasteiger charge is 2.04. The smallest absolute Gasteiger partial charge is 0.307 e. The summed E-state index contributed by atoms with van der Waals surface area (Å²) in [4.78, 5) is 10.6. The Morgan fingerprint density at radius 1 is 1.16 bits per heavy atom. The van der Waals surface area contributed by atoms with Crippen LogP contribution in [0.4, 0.5) is 0 Å². The molecule has 0 atom stereocenters. The molecule has 1 N–H and O–H groups in total. The molecular formula is C15H11NO3. The highest BCUT2D eigenvalue weighted by molar-refractivity contribution is 5.70. The van der Waals surface area contributed by atoms with E-state index in [0.717, 1.165) is 0 Å². The van der Waals surface area contributed by atoms with Crippen LogP contribution < -0.4 is 4.74 Å². The average Bonchev–Trinajstić information content (AvgIpc) is 2.41. The van der Waals surface area contributed by atoms with E-state index in [2.05, 4.69) is 6.07 Å². The van der Waals surface area contributed by atoms with E-state index in [9.17, 15) is 4.79 Å². The van der Waals surface area contributed by atoms with Gasteiger partial charge in [0.05, 0.1) is 12.0 Å². The zero-order valence-corrected chi connectivity index (χ0v) is 10.0. The molecule has 0 amide bonds. The van der Waals surface area contributed by atoms with Gasteiger partial charge >= 0.3 is 5.97 Å². The lowest BCUT2D eigenvalue weighted by Gasteiger charge is -2.07. The van der Waals surface area contributed by atoms with E-state index >= 15 is 0 Å². The summed E-state index contributed by atoms with van der Waals surface area (Å²) in [5.41, 5.74) is 1.16. The molecule has 19 heavy (non-hydrogen) atoms. The van der Waals surface area contributed by atoms with Crippen LogP contribution >= 0.6 is 0 Å². The standard InChI is InChI=1S/C15H11NO3/c16-10-12-3-1-2-4-14(12)19-13-7-5-11(6-8-13)9-15(17)18/h1-8H,9H2,(H,17,18). The molecule has 0 saturated carbocycles. The number of hydrogen-bond acceptors (Lipinski definition) is 3. The number of rotatable bonds is 4. The van der Waals surface area contributed by atoms with Gasteiger partial charge in [0.2, 0.25) is 0 Å². The summed E-state index contributed by atoms with van der Waals surface area (Å²) >= 11 is 0. The number of aliphatic carboxylic acids is 1. The first kappa shape index (κ1) is 12.7. The Kier molecular flexibility index (Phi) is 3.79. The van der Waals surface area contributed by atoms with Gasteiger partial charge in [-0.25, -0.2) is 0 Å². The van der Waals surface area contributed by atoms with Gasteiger partial charge in [-0.3, -0.25) is 4.79 Å². The van der Waals surface area contributed by atoms with Crippen molar-refractivity contribution in [2.75, 3.05) is 0 Å². The molecule has 0 unspecified atom stereocenters. The second-order valence-corrected chi connectivity index (χ2v) is 3.92. The van der Waals surface area contributed by atoms with Crippen molar-refractivity contribution < 1.29 is 14.6 Å². The maximum absolute atomic E-state index is 10.6. The molecule has 0 fully saturated rings. The van der Waals surface area contributed by atoms with E-state index in [1.807, 2.05) is 0 Å². The molecule has 4 heteroatoms. The van der Waals surface area contributed by atoms with Crippen molar-refractivity contribution >= 4 is 5.97 Å². The fourth-order valence-corrected chi connectivity index (χ4v) is 1.62. The van der Waals surface area contributed by atoms with Crippen LogP contribution in [0, 0.1) is 11.3 Å². The first-order chi connectivity index (χ1) is 9.19. The quantitative estimate of drug-likeness (QED) is 0.909. The molecule has 4 nitrogen and oxygen atoms in total. The minimum Gasteiger partial charge on any atom is -0.481 e. The lowest BCUT2D eigenvalue weighted by atomic mass is 10.1. The van der Waals surface area contributed by atoms with Crippen LogP contribution in [0.15, 0.2) is 48.5 Å². The monoisotopic (exact) mass is 253 g/mol. The molecule has 2 aromatic rings. The normalized spacial score (nSPS) is 9.63. The SMILES string of the molecule is N#Cc1ccccc1Oc1ccc(CC(=O)O)cc1. The van der Waals surface area contributed by atoms with Gasteiger partial charge in [-0.2, -0.15) is 5.26 Å². The molecule has 2 rings (SSSR count). The third-order valence-corrected chi connectivity index (χ3v) is 2.51. The van der Waals surface area contributed by atoms with Crippen molar-refractivity contribution in [3.05, 3.63) is 59.7 Å². The third kappa shape index (κ3) is 3.33. The number of ether oxygens (including phenoxy) is 1. The first-order valence-electron chi connectivity index (χ1n) is 5.67. The molecule has 0 bridgehead atoms. The van der Waals surface area contributed by atoms with E-state index < -0.39 is 5.97 Å². The molecule has 0 aliphatic rings. The zero-order valence-electron chi connectivity index (χ0n) is 10.0. The highest BCUT2D eigenvalue weighted by atomic mass is 16.5. The third-order valence-electron chi connectivity index (χ3n) is 2.51. The zero-order chi connectivity index (χ0) is 13.7. The number of benzene rings is 2. The summed E-state index contributed by atoms with van der Waals surface area (Å²) in [5, 5.41) is 17.6. The Balaban J connectivity index is 2.16. The van der Waals surface area contributed by atoms with Gasteiger partial charge in [-0.05, 0) is 29.8 Å². The van der Waals surface area contributed by atoms with Gasteiger partial charge in [0.1, 0.15) is 17.6 Å². The second kappa shape index (κ2) is 5.69. The summed E-state index contributed by atoms with van der Waals surface area (Å²) in [6.45, 7) is 0. The van der Waals surface area contributed by atoms with Crippen LogP contribution in [0.2, 0.25) is 0 Å². The summed E-state index contributed by atoms with van der Waals surface area (Å²) in [5.74, 6) is 0.177. The van der Waals surface area contributed by atoms with Gasteiger partial charge in [0.15, 0.2) is 0 Å². The lowest BCUT2D eigenvalue weighted by Crippen LogP contribution is -1.99. The number of hydrogen-bond donors (Lipinski definition) is 1. The molecule has 2 aromatic carbocycles. The van der Waals surface area contributed by atoms with E-state index in [1.54, 1.807) is 48.5 Å². The molecule has 0 saturated heterocycles. The molecule has 94 valence electrons. The fraction of sp³-hybridized carbons (Fsp3) is 0.0667. The van der Waals surface area contributed by atoms with Gasteiger partial charge in [0.25, 0.3) is 0 Å². The molecule has 0 heterocycles. The molecule has 0 aliphatic heterocycles. The van der Waals surface area contributed by atoms with E-state index in [0.29, 0.717) is 22.6 Å². The van der Waals surface area contributed by atoms with Gasteiger partial charge in [-0.1, -0.05) is 24.3 Å². The number of carboxylic acid groups (broad SMARTS) is 1. The Bertz CT molecular complexity index is 627. The Hall–Kier alpha value is -2.80. The Morgan fingerprint density at radius 3 is 2.47 bits per heavy atom. The Labute approximate surface area is 110 Å². The fourth-order valence-electron chi connectivity index (χ4n) is 1.62. The van der Waals surface area contributed by atoms with Crippen LogP contribution in [-0.2, 0) is 11.2 Å². The van der Waals surface area contributed by atoms with Gasteiger partial charge in [-0.15, -0.1) is 0 Å². The van der Waals surface area contributed by atoms with Crippen molar-refractivity contribution in [1.29, 1.82) is 5.26 Å². The van der Waals surface area contributed by atoms with Gasteiger partial charge in [0, 0.05) is 0 Å². The van der Waals surface area contributed by atoms with E-state index in [-0.39, 0.29) is 6.42 Å². The van der Waals surface area contributed by atoms with E-state index in [4.69, 9.17) is 15.1 Å². The minimum absolute atomic E-state index is 0.0188. The van der Waals surface area contributed by atoms with Crippen molar-refractivity contribution in [3.63, 3.8) is 0 Å².